The van der Waals surface area contributed by atoms with E-state index in [1.54, 1.807) is 24.3 Å². The van der Waals surface area contributed by atoms with Crippen molar-refractivity contribution >= 4 is 40.9 Å². The molecule has 3 rings (SSSR count). The number of nitrogens with one attached hydrogen (secondary N) is 1. The number of ether oxygens (including phenoxy) is 1. The predicted molar refractivity (Wildman–Crippen MR) is 116 cm³/mol. The number of carbonyl (C=O) groups is 4. The van der Waals surface area contributed by atoms with Crippen LogP contribution in [0.4, 0.5) is 5.69 Å². The van der Waals surface area contributed by atoms with Gasteiger partial charge in [-0.1, -0.05) is 23.7 Å². The number of amides is 2. The number of Topliss-reactive ketones (excluding diaryl/α,β-unsaturated/α-hetero) is 1. The van der Waals surface area contributed by atoms with Crippen LogP contribution in [0.25, 0.3) is 0 Å². The number of benzene rings is 2. The van der Waals surface area contributed by atoms with Gasteiger partial charge < -0.3 is 10.1 Å². The van der Waals surface area contributed by atoms with E-state index in [0.29, 0.717) is 5.69 Å². The summed E-state index contributed by atoms with van der Waals surface area (Å²) >= 11 is 5.97. The third kappa shape index (κ3) is 5.37. The molecule has 0 aromatic heterocycles. The fraction of sp³-hybridized carbons (Fsp3) is 0.304. The number of imide groups is 1. The van der Waals surface area contributed by atoms with Crippen LogP contribution in [-0.2, 0) is 14.3 Å². The zero-order valence-electron chi connectivity index (χ0n) is 17.5. The fourth-order valence-electron chi connectivity index (χ4n) is 3.26. The first-order valence-electron chi connectivity index (χ1n) is 9.76. The third-order valence-electron chi connectivity index (χ3n) is 4.62. The molecule has 1 fully saturated rings. The Balaban J connectivity index is 1.64. The Hall–Kier alpha value is -3.03. The first kappa shape index (κ1) is 22.7. The Morgan fingerprint density at radius 1 is 1.10 bits per heavy atom. The minimum atomic E-state index is -0.696. The Bertz CT molecular complexity index is 1030. The van der Waals surface area contributed by atoms with Crippen LogP contribution < -0.4 is 10.2 Å². The predicted octanol–water partition coefficient (Wildman–Crippen LogP) is 3.40. The van der Waals surface area contributed by atoms with E-state index in [1.807, 2.05) is 20.8 Å². The zero-order valence-corrected chi connectivity index (χ0v) is 18.2. The zero-order chi connectivity index (χ0) is 22.8. The number of nitrogens with zero attached hydrogens (tertiary/aromatic N) is 1. The van der Waals surface area contributed by atoms with E-state index in [-0.39, 0.29) is 39.9 Å². The number of halogens is 1. The summed E-state index contributed by atoms with van der Waals surface area (Å²) in [4.78, 5) is 50.6. The molecule has 1 atom stereocenters. The van der Waals surface area contributed by atoms with Gasteiger partial charge in [0.15, 0.2) is 6.61 Å². The topological polar surface area (TPSA) is 92.8 Å². The summed E-state index contributed by atoms with van der Waals surface area (Å²) in [5.74, 6) is -1.76. The summed E-state index contributed by atoms with van der Waals surface area (Å²) in [7, 11) is 0. The Labute approximate surface area is 185 Å². The average Bonchev–Trinajstić information content (AvgIpc) is 2.97. The molecular weight excluding hydrogens is 420 g/mol. The van der Waals surface area contributed by atoms with E-state index in [4.69, 9.17) is 16.3 Å². The van der Waals surface area contributed by atoms with E-state index in [1.165, 1.54) is 24.3 Å². The van der Waals surface area contributed by atoms with Crippen molar-refractivity contribution in [1.82, 2.24) is 5.32 Å². The molecule has 0 saturated carbocycles. The van der Waals surface area contributed by atoms with Gasteiger partial charge in [-0.25, -0.2) is 9.69 Å². The van der Waals surface area contributed by atoms with Gasteiger partial charge in [-0.2, -0.15) is 0 Å². The van der Waals surface area contributed by atoms with Crippen molar-refractivity contribution in [3.05, 3.63) is 64.7 Å². The summed E-state index contributed by atoms with van der Waals surface area (Å²) in [5.41, 5.74) is 0.527. The van der Waals surface area contributed by atoms with E-state index in [2.05, 4.69) is 5.32 Å². The molecule has 1 N–H and O–H groups in total. The molecule has 0 radical (unpaired) electrons. The minimum Gasteiger partial charge on any atom is -0.454 e. The summed E-state index contributed by atoms with van der Waals surface area (Å²) in [6.07, 6.45) is 0.0735. The maximum Gasteiger partial charge on any atom is 0.338 e. The Kier molecular flexibility index (Phi) is 6.57. The van der Waals surface area contributed by atoms with Gasteiger partial charge in [0.05, 0.1) is 28.7 Å². The van der Waals surface area contributed by atoms with Gasteiger partial charge in [0.1, 0.15) is 0 Å². The highest BCUT2D eigenvalue weighted by molar-refractivity contribution is 6.34. The number of hydrogen-bond donors (Lipinski definition) is 1. The first-order chi connectivity index (χ1) is 14.6. The molecule has 7 nitrogen and oxygen atoms in total. The van der Waals surface area contributed by atoms with Crippen LogP contribution in [0.3, 0.4) is 0 Å². The first-order valence-corrected chi connectivity index (χ1v) is 10.1. The van der Waals surface area contributed by atoms with Crippen LogP contribution in [0, 0.1) is 0 Å². The maximum atomic E-state index is 12.7. The summed E-state index contributed by atoms with van der Waals surface area (Å²) in [6, 6.07) is 11.8. The van der Waals surface area contributed by atoms with Gasteiger partial charge >= 0.3 is 5.97 Å². The molecule has 1 aliphatic rings. The van der Waals surface area contributed by atoms with Crippen LogP contribution >= 0.6 is 11.6 Å². The van der Waals surface area contributed by atoms with E-state index in [9.17, 15) is 19.2 Å². The van der Waals surface area contributed by atoms with E-state index in [0.717, 1.165) is 4.90 Å². The van der Waals surface area contributed by atoms with Crippen molar-refractivity contribution in [1.29, 1.82) is 0 Å². The molecule has 31 heavy (non-hydrogen) atoms. The lowest BCUT2D eigenvalue weighted by Gasteiger charge is -2.24. The maximum absolute atomic E-state index is 12.7. The summed E-state index contributed by atoms with van der Waals surface area (Å²) in [5, 5.41) is 3.43. The largest absolute Gasteiger partial charge is 0.454 e. The smallest absolute Gasteiger partial charge is 0.338 e. The van der Waals surface area contributed by atoms with Crippen molar-refractivity contribution in [2.24, 2.45) is 0 Å². The molecule has 8 heteroatoms. The lowest BCUT2D eigenvalue weighted by atomic mass is 10.1. The highest BCUT2D eigenvalue weighted by Crippen LogP contribution is 2.24. The van der Waals surface area contributed by atoms with Gasteiger partial charge in [0.25, 0.3) is 5.91 Å². The van der Waals surface area contributed by atoms with Gasteiger partial charge in [-0.05, 0) is 57.2 Å². The third-order valence-corrected chi connectivity index (χ3v) is 4.95. The molecule has 0 spiro atoms. The van der Waals surface area contributed by atoms with Gasteiger partial charge in [-0.3, -0.25) is 14.4 Å². The highest BCUT2D eigenvalue weighted by Gasteiger charge is 2.40. The van der Waals surface area contributed by atoms with Crippen LogP contribution in [0.1, 0.15) is 47.9 Å². The van der Waals surface area contributed by atoms with Crippen LogP contribution in [0.5, 0.6) is 0 Å². The minimum absolute atomic E-state index is 0.0735. The monoisotopic (exact) mass is 442 g/mol. The molecule has 2 amide bonds. The van der Waals surface area contributed by atoms with Crippen LogP contribution in [-0.4, -0.2) is 41.8 Å². The highest BCUT2D eigenvalue weighted by atomic mass is 35.5. The SMILES string of the molecule is CC(C)(C)NC1CC(=O)N(c2ccc(C(=O)OCC(=O)c3ccccc3Cl)cc2)C1=O. The number of esters is 1. The van der Waals surface area contributed by atoms with Crippen molar-refractivity contribution < 1.29 is 23.9 Å². The normalized spacial score (nSPS) is 16.5. The van der Waals surface area contributed by atoms with Crippen LogP contribution in [0.15, 0.2) is 48.5 Å². The second-order valence-corrected chi connectivity index (χ2v) is 8.65. The number of ketones is 1. The molecular formula is C23H23ClN2O5. The molecule has 0 bridgehead atoms. The molecule has 2 aromatic carbocycles. The Morgan fingerprint density at radius 3 is 2.35 bits per heavy atom. The van der Waals surface area contributed by atoms with Crippen molar-refractivity contribution in [3.63, 3.8) is 0 Å². The van der Waals surface area contributed by atoms with Crippen molar-refractivity contribution in [2.45, 2.75) is 38.8 Å². The van der Waals surface area contributed by atoms with Crippen molar-refractivity contribution in [3.8, 4) is 0 Å². The molecule has 162 valence electrons. The lowest BCUT2D eigenvalue weighted by Crippen LogP contribution is -2.47. The van der Waals surface area contributed by atoms with Crippen molar-refractivity contribution in [2.75, 3.05) is 11.5 Å². The Morgan fingerprint density at radius 2 is 1.74 bits per heavy atom. The van der Waals surface area contributed by atoms with Gasteiger partial charge in [0, 0.05) is 11.1 Å². The summed E-state index contributed by atoms with van der Waals surface area (Å²) < 4.78 is 5.07. The van der Waals surface area contributed by atoms with Gasteiger partial charge in [0.2, 0.25) is 11.7 Å². The second kappa shape index (κ2) is 8.99. The molecule has 1 heterocycles. The standard InChI is InChI=1S/C23H23ClN2O5/c1-23(2,3)25-18-12-20(28)26(21(18)29)15-10-8-14(9-11-15)22(30)31-13-19(27)16-6-4-5-7-17(16)24/h4-11,18,25H,12-13H2,1-3H3. The molecule has 1 aliphatic heterocycles. The number of carbonyl (C=O) groups excluding carboxylic acids is 4. The molecule has 2 aromatic rings. The number of anilines is 1. The van der Waals surface area contributed by atoms with Gasteiger partial charge in [-0.15, -0.1) is 0 Å². The molecule has 1 unspecified atom stereocenters. The second-order valence-electron chi connectivity index (χ2n) is 8.24. The quantitative estimate of drug-likeness (QED) is 0.418. The lowest BCUT2D eigenvalue weighted by molar-refractivity contribution is -0.121. The fourth-order valence-corrected chi connectivity index (χ4v) is 3.51. The molecule has 0 aliphatic carbocycles. The van der Waals surface area contributed by atoms with Crippen LogP contribution in [0.2, 0.25) is 5.02 Å². The molecule has 1 saturated heterocycles. The number of hydrogen-bond acceptors (Lipinski definition) is 6. The summed E-state index contributed by atoms with van der Waals surface area (Å²) in [6.45, 7) is 5.31. The number of rotatable bonds is 6. The average molecular weight is 443 g/mol. The van der Waals surface area contributed by atoms with E-state index >= 15 is 0 Å². The van der Waals surface area contributed by atoms with E-state index < -0.39 is 24.4 Å².